The highest BCUT2D eigenvalue weighted by Gasteiger charge is 2.19. The van der Waals surface area contributed by atoms with Gasteiger partial charge in [0.05, 0.1) is 6.61 Å². The molecule has 1 fully saturated rings. The molecule has 1 heterocycles. The molecule has 0 unspecified atom stereocenters. The first-order valence-corrected chi connectivity index (χ1v) is 10.2. The zero-order valence-electron chi connectivity index (χ0n) is 14.8. The molecule has 1 aliphatic carbocycles. The van der Waals surface area contributed by atoms with Crippen molar-refractivity contribution in [1.82, 2.24) is 4.98 Å². The summed E-state index contributed by atoms with van der Waals surface area (Å²) >= 11 is 1.84. The first-order chi connectivity index (χ1) is 12.3. The Kier molecular flexibility index (Phi) is 6.74. The molecular weight excluding hydrogens is 333 g/mol. The van der Waals surface area contributed by atoms with Crippen molar-refractivity contribution >= 4 is 11.8 Å². The van der Waals surface area contributed by atoms with Gasteiger partial charge in [0.2, 0.25) is 0 Å². The number of ether oxygens (including phenoxy) is 1. The molecule has 1 saturated carbocycles. The van der Waals surface area contributed by atoms with E-state index in [1.165, 1.54) is 25.7 Å². The summed E-state index contributed by atoms with van der Waals surface area (Å²) in [7, 11) is 0. The molecule has 4 heteroatoms. The molecule has 1 aliphatic rings. The third kappa shape index (κ3) is 4.97. The molecule has 0 atom stereocenters. The Bertz CT molecular complexity index is 685. The lowest BCUT2D eigenvalue weighted by Crippen LogP contribution is -2.00. The molecule has 3 rings (SSSR count). The van der Waals surface area contributed by atoms with Crippen LogP contribution in [0.5, 0.6) is 5.75 Å². The van der Waals surface area contributed by atoms with Crippen LogP contribution in [0.4, 0.5) is 4.39 Å². The second-order valence-corrected chi connectivity index (χ2v) is 7.87. The van der Waals surface area contributed by atoms with E-state index in [4.69, 9.17) is 4.74 Å². The van der Waals surface area contributed by atoms with Gasteiger partial charge in [-0.15, -0.1) is 11.8 Å². The normalized spacial score (nSPS) is 14.8. The van der Waals surface area contributed by atoms with Crippen molar-refractivity contribution in [2.24, 2.45) is 0 Å². The van der Waals surface area contributed by atoms with Crippen LogP contribution < -0.4 is 4.74 Å². The van der Waals surface area contributed by atoms with E-state index in [9.17, 15) is 4.39 Å². The first kappa shape index (κ1) is 18.2. The number of nitrogens with zero attached hydrogens (tertiary/aromatic N) is 1. The molecule has 1 aromatic carbocycles. The average Bonchev–Trinajstić information content (AvgIpc) is 3.13. The summed E-state index contributed by atoms with van der Waals surface area (Å²) in [4.78, 5) is 4.55. The van der Waals surface area contributed by atoms with Gasteiger partial charge in [0.15, 0.2) is 11.6 Å². The largest absolute Gasteiger partial charge is 0.491 e. The van der Waals surface area contributed by atoms with Crippen molar-refractivity contribution in [3.05, 3.63) is 42.3 Å². The number of benzene rings is 1. The van der Waals surface area contributed by atoms with Crippen LogP contribution in [0.1, 0.15) is 51.9 Å². The van der Waals surface area contributed by atoms with Crippen LogP contribution in [0.3, 0.4) is 0 Å². The lowest BCUT2D eigenvalue weighted by Gasteiger charge is -2.13. The number of halogens is 1. The standard InChI is InChI=1S/C21H26FNOS/c1-2-3-6-14-24-20-12-11-16(15-19(20)22)18-10-7-13-23-21(18)25-17-8-4-5-9-17/h7,10-13,15,17H,2-6,8-9,14H2,1H3. The Labute approximate surface area is 154 Å². The SMILES string of the molecule is CCCCCOc1ccc(-c2cccnc2SC2CCCC2)cc1F. The fourth-order valence-corrected chi connectivity index (χ4v) is 4.51. The van der Waals surface area contributed by atoms with Gasteiger partial charge in [-0.05, 0) is 43.0 Å². The minimum absolute atomic E-state index is 0.297. The lowest BCUT2D eigenvalue weighted by atomic mass is 10.1. The van der Waals surface area contributed by atoms with E-state index >= 15 is 0 Å². The Morgan fingerprint density at radius 3 is 2.80 bits per heavy atom. The summed E-state index contributed by atoms with van der Waals surface area (Å²) in [6.45, 7) is 2.71. The van der Waals surface area contributed by atoms with Crippen molar-refractivity contribution in [3.8, 4) is 16.9 Å². The molecule has 0 N–H and O–H groups in total. The molecule has 0 saturated heterocycles. The van der Waals surface area contributed by atoms with Crippen molar-refractivity contribution in [3.63, 3.8) is 0 Å². The van der Waals surface area contributed by atoms with Gasteiger partial charge in [-0.25, -0.2) is 9.37 Å². The van der Waals surface area contributed by atoms with E-state index < -0.39 is 0 Å². The van der Waals surface area contributed by atoms with Crippen molar-refractivity contribution in [2.75, 3.05) is 6.61 Å². The van der Waals surface area contributed by atoms with Crippen molar-refractivity contribution < 1.29 is 9.13 Å². The van der Waals surface area contributed by atoms with Crippen LogP contribution in [-0.2, 0) is 0 Å². The molecule has 0 aliphatic heterocycles. The minimum atomic E-state index is -0.297. The molecule has 1 aromatic heterocycles. The zero-order chi connectivity index (χ0) is 17.5. The molecular formula is C21H26FNOS. The molecule has 0 spiro atoms. The Balaban J connectivity index is 1.74. The van der Waals surface area contributed by atoms with Crippen LogP contribution in [0.25, 0.3) is 11.1 Å². The summed E-state index contributed by atoms with van der Waals surface area (Å²) in [6, 6.07) is 9.20. The summed E-state index contributed by atoms with van der Waals surface area (Å²) in [5.74, 6) is 0.0448. The van der Waals surface area contributed by atoms with E-state index in [2.05, 4.69) is 11.9 Å². The summed E-state index contributed by atoms with van der Waals surface area (Å²) in [5, 5.41) is 1.64. The third-order valence-electron chi connectivity index (χ3n) is 4.60. The second kappa shape index (κ2) is 9.23. The van der Waals surface area contributed by atoms with E-state index in [0.29, 0.717) is 17.6 Å². The van der Waals surface area contributed by atoms with E-state index in [1.54, 1.807) is 12.1 Å². The van der Waals surface area contributed by atoms with E-state index in [0.717, 1.165) is 35.4 Å². The maximum absolute atomic E-state index is 14.4. The molecule has 2 nitrogen and oxygen atoms in total. The predicted molar refractivity (Wildman–Crippen MR) is 103 cm³/mol. The van der Waals surface area contributed by atoms with Crippen molar-refractivity contribution in [1.29, 1.82) is 0 Å². The highest BCUT2D eigenvalue weighted by molar-refractivity contribution is 8.00. The van der Waals surface area contributed by atoms with Gasteiger partial charge in [0.25, 0.3) is 0 Å². The van der Waals surface area contributed by atoms with Crippen LogP contribution in [0, 0.1) is 5.82 Å². The Hall–Kier alpha value is -1.55. The molecule has 2 aromatic rings. The number of thioether (sulfide) groups is 1. The van der Waals surface area contributed by atoms with Gasteiger partial charge in [-0.1, -0.05) is 44.7 Å². The molecule has 0 amide bonds. The smallest absolute Gasteiger partial charge is 0.165 e. The van der Waals surface area contributed by atoms with Gasteiger partial charge in [0.1, 0.15) is 5.03 Å². The van der Waals surface area contributed by atoms with Gasteiger partial charge in [0, 0.05) is 17.0 Å². The zero-order valence-corrected chi connectivity index (χ0v) is 15.7. The third-order valence-corrected chi connectivity index (χ3v) is 5.95. The predicted octanol–water partition coefficient (Wildman–Crippen LogP) is 6.49. The number of hydrogen-bond donors (Lipinski definition) is 0. The monoisotopic (exact) mass is 359 g/mol. The maximum atomic E-state index is 14.4. The van der Waals surface area contributed by atoms with Crippen LogP contribution in [0.15, 0.2) is 41.6 Å². The minimum Gasteiger partial charge on any atom is -0.491 e. The quantitative estimate of drug-likeness (QED) is 0.503. The summed E-state index contributed by atoms with van der Waals surface area (Å²) < 4.78 is 20.0. The summed E-state index contributed by atoms with van der Waals surface area (Å²) in [5.41, 5.74) is 1.88. The Morgan fingerprint density at radius 1 is 1.20 bits per heavy atom. The van der Waals surface area contributed by atoms with Gasteiger partial charge in [-0.2, -0.15) is 0 Å². The Morgan fingerprint density at radius 2 is 2.04 bits per heavy atom. The number of pyridine rings is 1. The van der Waals surface area contributed by atoms with E-state index in [1.807, 2.05) is 36.2 Å². The van der Waals surface area contributed by atoms with Crippen LogP contribution in [0.2, 0.25) is 0 Å². The molecule has 0 bridgehead atoms. The van der Waals surface area contributed by atoms with E-state index in [-0.39, 0.29) is 5.82 Å². The number of rotatable bonds is 8. The van der Waals surface area contributed by atoms with Gasteiger partial charge in [-0.3, -0.25) is 0 Å². The second-order valence-electron chi connectivity index (χ2n) is 6.58. The highest BCUT2D eigenvalue weighted by Crippen LogP contribution is 2.38. The number of unbranched alkanes of at least 4 members (excludes halogenated alkanes) is 2. The first-order valence-electron chi connectivity index (χ1n) is 9.32. The van der Waals surface area contributed by atoms with Gasteiger partial charge < -0.3 is 4.74 Å². The number of aromatic nitrogens is 1. The summed E-state index contributed by atoms with van der Waals surface area (Å²) in [6.07, 6.45) is 10.1. The highest BCUT2D eigenvalue weighted by atomic mass is 32.2. The maximum Gasteiger partial charge on any atom is 0.165 e. The molecule has 25 heavy (non-hydrogen) atoms. The fourth-order valence-electron chi connectivity index (χ4n) is 3.19. The number of hydrogen-bond acceptors (Lipinski definition) is 3. The molecule has 0 radical (unpaired) electrons. The van der Waals surface area contributed by atoms with Crippen LogP contribution in [-0.4, -0.2) is 16.8 Å². The topological polar surface area (TPSA) is 22.1 Å². The van der Waals surface area contributed by atoms with Crippen molar-refractivity contribution in [2.45, 2.75) is 62.1 Å². The van der Waals surface area contributed by atoms with Crippen LogP contribution >= 0.6 is 11.8 Å². The fraction of sp³-hybridized carbons (Fsp3) is 0.476. The average molecular weight is 360 g/mol. The van der Waals surface area contributed by atoms with Gasteiger partial charge >= 0.3 is 0 Å². The molecule has 134 valence electrons. The lowest BCUT2D eigenvalue weighted by molar-refractivity contribution is 0.291.